The Balaban J connectivity index is 1.86. The Morgan fingerprint density at radius 3 is 2.47 bits per heavy atom. The van der Waals surface area contributed by atoms with Crippen molar-refractivity contribution < 1.29 is 4.79 Å². The summed E-state index contributed by atoms with van der Waals surface area (Å²) in [4.78, 5) is 11.5. The molecule has 2 nitrogen and oxygen atoms in total. The van der Waals surface area contributed by atoms with Crippen molar-refractivity contribution in [1.82, 2.24) is 5.32 Å². The largest absolute Gasteiger partial charge is 0.311 e. The van der Waals surface area contributed by atoms with Gasteiger partial charge >= 0.3 is 0 Å². The second-order valence-corrected chi connectivity index (χ2v) is 8.19. The lowest BCUT2D eigenvalue weighted by Crippen LogP contribution is -2.63. The van der Waals surface area contributed by atoms with Crippen LogP contribution in [0.3, 0.4) is 0 Å². The molecule has 4 aliphatic rings. The smallest absolute Gasteiger partial charge is 0.186 e. The molecular formula is C14H23NOS. The number of nitrogens with one attached hydrogen (secondary N) is 1. The van der Waals surface area contributed by atoms with Crippen LogP contribution in [-0.4, -0.2) is 21.9 Å². The van der Waals surface area contributed by atoms with Crippen LogP contribution in [0.15, 0.2) is 0 Å². The number of thioether (sulfide) groups is 1. The van der Waals surface area contributed by atoms with Gasteiger partial charge in [-0.25, -0.2) is 0 Å². The van der Waals surface area contributed by atoms with E-state index in [4.69, 9.17) is 0 Å². The van der Waals surface area contributed by atoms with E-state index in [0.29, 0.717) is 10.7 Å². The zero-order valence-electron chi connectivity index (χ0n) is 10.9. The fourth-order valence-electron chi connectivity index (χ4n) is 5.18. The molecule has 0 aromatic carbocycles. The van der Waals surface area contributed by atoms with E-state index in [1.165, 1.54) is 38.5 Å². The Morgan fingerprint density at radius 1 is 1.29 bits per heavy atom. The van der Waals surface area contributed by atoms with Gasteiger partial charge in [0, 0.05) is 17.2 Å². The molecule has 4 rings (SSSR count). The molecule has 0 spiro atoms. The van der Waals surface area contributed by atoms with Crippen LogP contribution in [0.25, 0.3) is 0 Å². The lowest BCUT2D eigenvalue weighted by molar-refractivity contribution is -0.109. The maximum absolute atomic E-state index is 11.5. The van der Waals surface area contributed by atoms with Gasteiger partial charge in [-0.2, -0.15) is 0 Å². The fraction of sp³-hybridized carbons (Fsp3) is 0.929. The quantitative estimate of drug-likeness (QED) is 0.838. The van der Waals surface area contributed by atoms with E-state index in [0.717, 1.165) is 18.4 Å². The highest BCUT2D eigenvalue weighted by Gasteiger charge is 2.58. The Morgan fingerprint density at radius 2 is 1.94 bits per heavy atom. The Bertz CT molecular complexity index is 327. The molecule has 4 bridgehead atoms. The molecule has 0 amide bonds. The summed E-state index contributed by atoms with van der Waals surface area (Å²) in [6.07, 6.45) is 7.95. The van der Waals surface area contributed by atoms with E-state index in [9.17, 15) is 4.79 Å². The Kier molecular flexibility index (Phi) is 2.82. The molecule has 96 valence electrons. The predicted molar refractivity (Wildman–Crippen MR) is 72.1 cm³/mol. The molecule has 17 heavy (non-hydrogen) atoms. The van der Waals surface area contributed by atoms with Crippen LogP contribution < -0.4 is 5.32 Å². The van der Waals surface area contributed by atoms with Crippen LogP contribution in [0.2, 0.25) is 0 Å². The number of hydrogen-bond acceptors (Lipinski definition) is 3. The standard InChI is InChI=1S/C14H23NOS/c1-3-15-13-5-11-4-12(6-13)8-14(7-11,9-13)17-10(2)16/h11-12,15H,3-9H2,1-2H3. The van der Waals surface area contributed by atoms with Crippen LogP contribution in [0.4, 0.5) is 0 Å². The van der Waals surface area contributed by atoms with Crippen molar-refractivity contribution in [3.63, 3.8) is 0 Å². The van der Waals surface area contributed by atoms with Crippen LogP contribution in [0.5, 0.6) is 0 Å². The predicted octanol–water partition coefficient (Wildman–Crippen LogP) is 2.97. The first-order chi connectivity index (χ1) is 8.05. The molecule has 0 aromatic rings. The van der Waals surface area contributed by atoms with Crippen molar-refractivity contribution in [2.45, 2.75) is 62.7 Å². The number of rotatable bonds is 3. The van der Waals surface area contributed by atoms with Crippen LogP contribution >= 0.6 is 11.8 Å². The first-order valence-electron chi connectivity index (χ1n) is 6.99. The molecular weight excluding hydrogens is 230 g/mol. The van der Waals surface area contributed by atoms with Crippen LogP contribution in [0.1, 0.15) is 52.4 Å². The molecule has 4 saturated carbocycles. The SMILES string of the molecule is CCNC12CC3CC(C1)CC(SC(C)=O)(C3)C2. The summed E-state index contributed by atoms with van der Waals surface area (Å²) in [5.41, 5.74) is 0.376. The van der Waals surface area contributed by atoms with E-state index in [2.05, 4.69) is 12.2 Å². The molecule has 4 fully saturated rings. The Labute approximate surface area is 108 Å². The van der Waals surface area contributed by atoms with Gasteiger partial charge in [0.2, 0.25) is 0 Å². The summed E-state index contributed by atoms with van der Waals surface area (Å²) >= 11 is 1.66. The average molecular weight is 253 g/mol. The molecule has 2 unspecified atom stereocenters. The summed E-state index contributed by atoms with van der Waals surface area (Å²) in [6.45, 7) is 5.02. The lowest BCUT2D eigenvalue weighted by atomic mass is 9.52. The molecule has 0 aromatic heterocycles. The molecule has 4 aliphatic carbocycles. The summed E-state index contributed by atoms with van der Waals surface area (Å²) < 4.78 is 0.290. The van der Waals surface area contributed by atoms with Gasteiger partial charge < -0.3 is 5.32 Å². The Hall–Kier alpha value is -0.0200. The van der Waals surface area contributed by atoms with Crippen molar-refractivity contribution in [3.8, 4) is 0 Å². The van der Waals surface area contributed by atoms with Gasteiger partial charge in [-0.05, 0) is 56.9 Å². The maximum Gasteiger partial charge on any atom is 0.186 e. The molecule has 0 saturated heterocycles. The summed E-state index contributed by atoms with van der Waals surface area (Å²) in [7, 11) is 0. The minimum Gasteiger partial charge on any atom is -0.311 e. The second-order valence-electron chi connectivity index (χ2n) is 6.55. The minimum absolute atomic E-state index is 0.290. The van der Waals surface area contributed by atoms with Crippen molar-refractivity contribution in [1.29, 1.82) is 0 Å². The highest BCUT2D eigenvalue weighted by Crippen LogP contribution is 2.62. The molecule has 0 radical (unpaired) electrons. The molecule has 0 heterocycles. The molecule has 1 N–H and O–H groups in total. The summed E-state index contributed by atoms with van der Waals surface area (Å²) in [6, 6.07) is 0. The molecule has 2 atom stereocenters. The van der Waals surface area contributed by atoms with Gasteiger partial charge in [0.25, 0.3) is 0 Å². The second kappa shape index (κ2) is 3.99. The van der Waals surface area contributed by atoms with E-state index < -0.39 is 0 Å². The number of hydrogen-bond donors (Lipinski definition) is 1. The third-order valence-corrected chi connectivity index (χ3v) is 6.12. The normalized spacial score (nSPS) is 47.4. The molecule has 3 heteroatoms. The highest BCUT2D eigenvalue weighted by molar-refractivity contribution is 8.14. The van der Waals surface area contributed by atoms with Gasteiger partial charge in [0.1, 0.15) is 0 Å². The third kappa shape index (κ3) is 2.06. The van der Waals surface area contributed by atoms with Gasteiger partial charge in [-0.3, -0.25) is 4.79 Å². The van der Waals surface area contributed by atoms with Crippen molar-refractivity contribution >= 4 is 16.9 Å². The minimum atomic E-state index is 0.290. The van der Waals surface area contributed by atoms with E-state index in [-0.39, 0.29) is 4.75 Å². The lowest BCUT2D eigenvalue weighted by Gasteiger charge is -2.61. The molecule has 0 aliphatic heterocycles. The van der Waals surface area contributed by atoms with Crippen molar-refractivity contribution in [2.75, 3.05) is 6.54 Å². The average Bonchev–Trinajstić information content (AvgIpc) is 2.11. The zero-order chi connectivity index (χ0) is 12.1. The van der Waals surface area contributed by atoms with Gasteiger partial charge in [0.15, 0.2) is 5.12 Å². The number of carbonyl (C=O) groups is 1. The fourth-order valence-corrected chi connectivity index (χ4v) is 6.78. The first kappa shape index (κ1) is 12.0. The van der Waals surface area contributed by atoms with Gasteiger partial charge in [-0.15, -0.1) is 0 Å². The maximum atomic E-state index is 11.5. The van der Waals surface area contributed by atoms with Crippen molar-refractivity contribution in [2.24, 2.45) is 11.8 Å². The van der Waals surface area contributed by atoms with E-state index in [1.54, 1.807) is 18.7 Å². The van der Waals surface area contributed by atoms with Crippen LogP contribution in [0, 0.1) is 11.8 Å². The third-order valence-electron chi connectivity index (χ3n) is 4.92. The first-order valence-corrected chi connectivity index (χ1v) is 7.81. The summed E-state index contributed by atoms with van der Waals surface area (Å²) in [5, 5.41) is 4.08. The van der Waals surface area contributed by atoms with E-state index in [1.807, 2.05) is 0 Å². The zero-order valence-corrected chi connectivity index (χ0v) is 11.7. The van der Waals surface area contributed by atoms with E-state index >= 15 is 0 Å². The monoisotopic (exact) mass is 253 g/mol. The van der Waals surface area contributed by atoms with Gasteiger partial charge in [-0.1, -0.05) is 18.7 Å². The van der Waals surface area contributed by atoms with Crippen LogP contribution in [-0.2, 0) is 4.79 Å². The van der Waals surface area contributed by atoms with Gasteiger partial charge in [0.05, 0.1) is 0 Å². The number of carbonyl (C=O) groups excluding carboxylic acids is 1. The highest BCUT2D eigenvalue weighted by atomic mass is 32.2. The topological polar surface area (TPSA) is 29.1 Å². The summed E-state index contributed by atoms with van der Waals surface area (Å²) in [5.74, 6) is 1.75. The van der Waals surface area contributed by atoms with Crippen molar-refractivity contribution in [3.05, 3.63) is 0 Å².